The third-order valence-corrected chi connectivity index (χ3v) is 31.8. The van der Waals surface area contributed by atoms with E-state index in [0.717, 1.165) is 49.9 Å². The number of hydrogen-bond donors (Lipinski definition) is 0. The van der Waals surface area contributed by atoms with Crippen LogP contribution in [0.4, 0.5) is 4.79 Å². The van der Waals surface area contributed by atoms with Crippen molar-refractivity contribution in [3.05, 3.63) is 469 Å². The normalized spacial score (nSPS) is 12.5. The number of nitrogens with zero attached hydrogens (tertiary/aromatic N) is 5. The van der Waals surface area contributed by atoms with Gasteiger partial charge in [0, 0.05) is 65.0 Å². The Kier molecular flexibility index (Phi) is 35.9. The topological polar surface area (TPSA) is 101 Å². The van der Waals surface area contributed by atoms with Crippen LogP contribution in [0.3, 0.4) is 0 Å². The standard InChI is InChI=1S/4C18H15P.C14H11ClN2.C13H15BrN2O2.C11H15BClNO2.Pd/c4*1-4-10-16(11-5-1)19(17-12-6-2-7-13-17)18-14-8-3-9-15-18;1-9-13-7-10(4-5-11(13)8-17-9)12-3-2-6-16-14(12)15;1-8-10-7-9(14)5-6-11(10)16(15-8)12(17)18-13(2,3)4;1-10(2)11(3,4)16-12(15-10)8-6-5-7-14-9(8)13;/h4*1-15H;2-7H,8H2,1H3;5-7H,1-4H3;5-7H,1-4H3;. The Morgan fingerprint density at radius 1 is 0.391 bits per heavy atom. The average Bonchev–Trinajstić information content (AvgIpc) is 1.58. The maximum atomic E-state index is 12.0. The molecule has 5 heterocycles. The molecule has 1 fully saturated rings. The summed E-state index contributed by atoms with van der Waals surface area (Å²) in [7, 11) is -2.22. The van der Waals surface area contributed by atoms with Crippen LogP contribution in [0, 0.1) is 6.92 Å². The van der Waals surface area contributed by atoms with Gasteiger partial charge in [-0.25, -0.2) is 14.8 Å². The fourth-order valence-electron chi connectivity index (χ4n) is 14.1. The van der Waals surface area contributed by atoms with Crippen molar-refractivity contribution >= 4 is 170 Å². The summed E-state index contributed by atoms with van der Waals surface area (Å²) < 4.78 is 19.4. The van der Waals surface area contributed by atoms with Gasteiger partial charge in [0.25, 0.3) is 0 Å². The molecule has 644 valence electrons. The van der Waals surface area contributed by atoms with E-state index < -0.39 is 50.5 Å². The van der Waals surface area contributed by atoms with Crippen LogP contribution in [-0.2, 0) is 41.0 Å². The predicted molar refractivity (Wildman–Crippen MR) is 550 cm³/mol. The molecular formula is C110H101BBrCl2N5O4P4Pd. The van der Waals surface area contributed by atoms with Crippen molar-refractivity contribution < 1.29 is 39.3 Å². The number of hydrogen-bond acceptors (Lipinski definition) is 8. The molecule has 2 aliphatic heterocycles. The zero-order valence-corrected chi connectivity index (χ0v) is 81.2. The predicted octanol–water partition coefficient (Wildman–Crippen LogP) is 23.4. The number of carbonyl (C=O) groups excluding carboxylic acids is 1. The van der Waals surface area contributed by atoms with Crippen LogP contribution in [0.1, 0.15) is 72.2 Å². The zero-order chi connectivity index (χ0) is 89.0. The Morgan fingerprint density at radius 3 is 0.977 bits per heavy atom. The second kappa shape index (κ2) is 47.6. The fourth-order valence-corrected chi connectivity index (χ4v) is 24.1. The van der Waals surface area contributed by atoms with Gasteiger partial charge in [0.15, 0.2) is 0 Å². The van der Waals surface area contributed by atoms with E-state index in [4.69, 9.17) is 37.2 Å². The largest absolute Gasteiger partial charge is 0.498 e. The van der Waals surface area contributed by atoms with E-state index in [1.54, 1.807) is 12.4 Å². The van der Waals surface area contributed by atoms with Gasteiger partial charge in [-0.1, -0.05) is 421 Å². The van der Waals surface area contributed by atoms with E-state index >= 15 is 0 Å². The molecule has 0 amide bonds. The third kappa shape index (κ3) is 26.6. The van der Waals surface area contributed by atoms with Crippen LogP contribution in [0.25, 0.3) is 22.0 Å². The molecule has 0 radical (unpaired) electrons. The van der Waals surface area contributed by atoms with Crippen molar-refractivity contribution in [1.29, 1.82) is 0 Å². The minimum absolute atomic E-state index is 0. The monoisotopic (exact) mass is 1950 g/mol. The van der Waals surface area contributed by atoms with Gasteiger partial charge in [-0.15, -0.1) is 0 Å². The summed E-state index contributed by atoms with van der Waals surface area (Å²) in [5.74, 6) is 0. The molecule has 17 aromatic rings. The average molecular weight is 1950 g/mol. The van der Waals surface area contributed by atoms with Gasteiger partial charge in [-0.2, -0.15) is 9.78 Å². The molecule has 3 aromatic heterocycles. The van der Waals surface area contributed by atoms with Crippen LogP contribution in [-0.4, -0.2) is 55.5 Å². The van der Waals surface area contributed by atoms with Gasteiger partial charge >= 0.3 is 13.2 Å². The van der Waals surface area contributed by atoms with Crippen molar-refractivity contribution in [2.24, 2.45) is 4.99 Å². The van der Waals surface area contributed by atoms with Crippen molar-refractivity contribution in [3.8, 4) is 11.1 Å². The third-order valence-electron chi connectivity index (χ3n) is 20.9. The number of benzene rings is 14. The number of pyridine rings is 2. The first kappa shape index (κ1) is 96.5. The number of aliphatic imine (C=N–C) groups is 1. The maximum Gasteiger partial charge on any atom is 0.498 e. The SMILES string of the molecule is CC1(C)OB(c2cccnc2Cl)OC1(C)C.CC1=NCc2ccc(-c3cccnc3Cl)cc21.Cc1nn(C(=O)OC(C)(C)C)c2ccc(Br)cc12.[Pd].c1ccc(P(c2ccccc2)c2ccccc2)cc1.c1ccc(P(c2ccccc2)c2ccccc2)cc1.c1ccc(P(c2ccccc2)c2ccccc2)cc1.c1ccc(P(c2ccccc2)c2ccccc2)cc1. The minimum Gasteiger partial charge on any atom is -0.442 e. The van der Waals surface area contributed by atoms with Gasteiger partial charge in [-0.3, -0.25) is 4.99 Å². The minimum atomic E-state index is -0.529. The quantitative estimate of drug-likeness (QED) is 0.0607. The fraction of sp³-hybridized carbons (Fsp3) is 0.118. The zero-order valence-electron chi connectivity index (χ0n) is 73.0. The number of aryl methyl sites for hydroxylation is 1. The Hall–Kier alpha value is -10.6. The molecule has 0 unspecified atom stereocenters. The first-order valence-electron chi connectivity index (χ1n) is 42.1. The van der Waals surface area contributed by atoms with E-state index in [2.05, 4.69) is 418 Å². The molecule has 19 rings (SSSR count). The first-order chi connectivity index (χ1) is 61.7. The molecule has 1 saturated heterocycles. The van der Waals surface area contributed by atoms with Gasteiger partial charge in [-0.05, 0) is 211 Å². The summed E-state index contributed by atoms with van der Waals surface area (Å²) >= 11 is 15.5. The van der Waals surface area contributed by atoms with Gasteiger partial charge in [0.2, 0.25) is 0 Å². The van der Waals surface area contributed by atoms with Crippen LogP contribution in [0.2, 0.25) is 10.3 Å². The van der Waals surface area contributed by atoms with Crippen molar-refractivity contribution in [1.82, 2.24) is 19.7 Å². The number of carbonyl (C=O) groups is 1. The van der Waals surface area contributed by atoms with Gasteiger partial charge in [0.05, 0.1) is 29.0 Å². The Labute approximate surface area is 792 Å². The molecule has 0 atom stereocenters. The van der Waals surface area contributed by atoms with Crippen LogP contribution < -0.4 is 69.1 Å². The molecule has 2 aliphatic rings. The summed E-state index contributed by atoms with van der Waals surface area (Å²) in [5.41, 5.74) is 6.78. The molecule has 128 heavy (non-hydrogen) atoms. The number of ether oxygens (including phenoxy) is 1. The molecule has 0 N–H and O–H groups in total. The van der Waals surface area contributed by atoms with Crippen LogP contribution in [0.5, 0.6) is 0 Å². The molecule has 0 aliphatic carbocycles. The maximum absolute atomic E-state index is 12.0. The second-order valence-corrected chi connectivity index (χ2v) is 42.1. The number of aromatic nitrogens is 4. The number of halogens is 3. The molecule has 0 saturated carbocycles. The van der Waals surface area contributed by atoms with Crippen molar-refractivity contribution in [3.63, 3.8) is 0 Å². The number of rotatable bonds is 14. The van der Waals surface area contributed by atoms with E-state index in [1.165, 1.54) is 79.5 Å². The van der Waals surface area contributed by atoms with E-state index in [-0.39, 0.29) is 31.6 Å². The van der Waals surface area contributed by atoms with E-state index in [1.807, 2.05) is 105 Å². The van der Waals surface area contributed by atoms with Crippen molar-refractivity contribution in [2.45, 2.75) is 85.7 Å². The molecule has 0 spiro atoms. The molecule has 18 heteroatoms. The summed E-state index contributed by atoms with van der Waals surface area (Å²) in [4.78, 5) is 24.6. The Bertz CT molecular complexity index is 5440. The van der Waals surface area contributed by atoms with E-state index in [0.29, 0.717) is 10.3 Å². The van der Waals surface area contributed by atoms with Gasteiger partial charge < -0.3 is 14.0 Å². The van der Waals surface area contributed by atoms with Crippen molar-refractivity contribution in [2.75, 3.05) is 0 Å². The van der Waals surface area contributed by atoms with Gasteiger partial charge in [0.1, 0.15) is 15.9 Å². The molecule has 0 bridgehead atoms. The summed E-state index contributed by atoms with van der Waals surface area (Å²) in [6.45, 7) is 18.3. The molecule has 9 nitrogen and oxygen atoms in total. The Balaban J connectivity index is 0.000000135. The number of fused-ring (bicyclic) bond motifs is 2. The molecule has 14 aromatic carbocycles. The van der Waals surface area contributed by atoms with E-state index in [9.17, 15) is 4.79 Å². The summed E-state index contributed by atoms with van der Waals surface area (Å²) in [6.07, 6.45) is 2.89. The summed E-state index contributed by atoms with van der Waals surface area (Å²) in [6, 6.07) is 149. The second-order valence-electron chi connectivity index (χ2n) is 31.6. The van der Waals surface area contributed by atoms with Crippen LogP contribution in [0.15, 0.2) is 447 Å². The Morgan fingerprint density at radius 2 is 0.688 bits per heavy atom. The molecular weight excluding hydrogens is 1850 g/mol. The summed E-state index contributed by atoms with van der Waals surface area (Å²) in [5, 5.41) is 22.9. The smallest absolute Gasteiger partial charge is 0.442 e. The van der Waals surface area contributed by atoms with Crippen LogP contribution >= 0.6 is 70.8 Å². The first-order valence-corrected chi connectivity index (χ1v) is 49.0.